The number of aromatic hydroxyl groups is 2. The average molecular weight is 405 g/mol. The number of rotatable bonds is 5. The SMILES string of the molecule is CC(/C=C/[C@]1(C)[C@H](C)CCC(=O)[C@H]1C)=C\Cc1c(O)c(Cl)c(C)c(C=O)c1O. The van der Waals surface area contributed by atoms with Gasteiger partial charge in [0.25, 0.3) is 0 Å². The molecule has 0 radical (unpaired) electrons. The highest BCUT2D eigenvalue weighted by Crippen LogP contribution is 2.45. The van der Waals surface area contributed by atoms with Crippen molar-refractivity contribution in [3.63, 3.8) is 0 Å². The van der Waals surface area contributed by atoms with E-state index in [-0.39, 0.29) is 45.4 Å². The number of carbonyl (C=O) groups excluding carboxylic acids is 2. The molecule has 0 saturated heterocycles. The Morgan fingerprint density at radius 3 is 2.54 bits per heavy atom. The van der Waals surface area contributed by atoms with Crippen LogP contribution in [-0.2, 0) is 11.2 Å². The lowest BCUT2D eigenvalue weighted by Gasteiger charge is -2.42. The number of allylic oxidation sites excluding steroid dienone is 4. The van der Waals surface area contributed by atoms with Gasteiger partial charge in [-0.25, -0.2) is 0 Å². The third-order valence-electron chi connectivity index (χ3n) is 6.52. The van der Waals surface area contributed by atoms with Crippen LogP contribution >= 0.6 is 11.6 Å². The largest absolute Gasteiger partial charge is 0.507 e. The van der Waals surface area contributed by atoms with Gasteiger partial charge in [0, 0.05) is 17.9 Å². The van der Waals surface area contributed by atoms with Gasteiger partial charge in [-0.2, -0.15) is 0 Å². The highest BCUT2D eigenvalue weighted by molar-refractivity contribution is 6.33. The van der Waals surface area contributed by atoms with E-state index in [0.29, 0.717) is 30.0 Å². The molecule has 0 spiro atoms. The average Bonchev–Trinajstić information content (AvgIpc) is 2.66. The third-order valence-corrected chi connectivity index (χ3v) is 6.98. The zero-order valence-corrected chi connectivity index (χ0v) is 17.9. The van der Waals surface area contributed by atoms with Gasteiger partial charge in [-0.15, -0.1) is 0 Å². The molecule has 1 aromatic carbocycles. The van der Waals surface area contributed by atoms with E-state index in [4.69, 9.17) is 11.6 Å². The van der Waals surface area contributed by atoms with Crippen molar-refractivity contribution >= 4 is 23.7 Å². The summed E-state index contributed by atoms with van der Waals surface area (Å²) < 4.78 is 0. The standard InChI is InChI=1S/C23H29ClO4/c1-13(10-11-23(5)14(2)7-9-19(26)16(23)4)6-8-17-21(27)18(12-25)15(3)20(24)22(17)28/h6,10-12,14,16,27-28H,7-9H2,1-5H3/b11-10+,13-6+/t14-,16-,23-/m1/s1. The Kier molecular flexibility index (Phi) is 6.76. The Balaban J connectivity index is 2.28. The second-order valence-electron chi connectivity index (χ2n) is 8.13. The van der Waals surface area contributed by atoms with E-state index >= 15 is 0 Å². The van der Waals surface area contributed by atoms with E-state index in [1.54, 1.807) is 6.92 Å². The van der Waals surface area contributed by atoms with Gasteiger partial charge in [-0.3, -0.25) is 9.59 Å². The molecule has 152 valence electrons. The van der Waals surface area contributed by atoms with Crippen molar-refractivity contribution in [2.24, 2.45) is 17.3 Å². The zero-order chi connectivity index (χ0) is 21.2. The molecule has 0 amide bonds. The fourth-order valence-corrected chi connectivity index (χ4v) is 4.04. The van der Waals surface area contributed by atoms with Gasteiger partial charge >= 0.3 is 0 Å². The number of phenolic OH excluding ortho intramolecular Hbond substituents is 2. The monoisotopic (exact) mass is 404 g/mol. The summed E-state index contributed by atoms with van der Waals surface area (Å²) in [7, 11) is 0. The number of Topliss-reactive ketones (excluding diaryl/α,β-unsaturated/α-hetero) is 1. The normalized spacial score (nSPS) is 26.1. The predicted octanol–water partition coefficient (Wildman–Crippen LogP) is 5.56. The molecule has 1 fully saturated rings. The van der Waals surface area contributed by atoms with Crippen LogP contribution in [0.2, 0.25) is 5.02 Å². The van der Waals surface area contributed by atoms with E-state index in [1.165, 1.54) is 0 Å². The zero-order valence-electron chi connectivity index (χ0n) is 17.2. The van der Waals surface area contributed by atoms with Gasteiger partial charge in [0.15, 0.2) is 6.29 Å². The lowest BCUT2D eigenvalue weighted by atomic mass is 9.61. The Morgan fingerprint density at radius 1 is 1.29 bits per heavy atom. The maximum Gasteiger partial charge on any atom is 0.154 e. The van der Waals surface area contributed by atoms with E-state index < -0.39 is 0 Å². The van der Waals surface area contributed by atoms with Crippen molar-refractivity contribution in [1.29, 1.82) is 0 Å². The first-order valence-electron chi connectivity index (χ1n) is 9.61. The summed E-state index contributed by atoms with van der Waals surface area (Å²) in [6.07, 6.45) is 8.25. The van der Waals surface area contributed by atoms with Crippen LogP contribution in [0.1, 0.15) is 62.0 Å². The first kappa shape index (κ1) is 22.2. The third kappa shape index (κ3) is 4.02. The molecule has 28 heavy (non-hydrogen) atoms. The molecule has 4 nitrogen and oxygen atoms in total. The molecule has 0 bridgehead atoms. The first-order valence-corrected chi connectivity index (χ1v) is 9.99. The molecule has 2 rings (SSSR count). The smallest absolute Gasteiger partial charge is 0.154 e. The maximum atomic E-state index is 12.2. The van der Waals surface area contributed by atoms with Crippen LogP contribution in [0, 0.1) is 24.2 Å². The molecular formula is C23H29ClO4. The van der Waals surface area contributed by atoms with Crippen LogP contribution in [0.5, 0.6) is 11.5 Å². The van der Waals surface area contributed by atoms with Crippen molar-refractivity contribution in [2.75, 3.05) is 0 Å². The highest BCUT2D eigenvalue weighted by atomic mass is 35.5. The minimum atomic E-state index is -0.241. The number of phenols is 2. The van der Waals surface area contributed by atoms with Gasteiger partial charge in [0.2, 0.25) is 0 Å². The molecule has 1 aliphatic rings. The predicted molar refractivity (Wildman–Crippen MR) is 112 cm³/mol. The molecule has 1 saturated carbocycles. The van der Waals surface area contributed by atoms with Gasteiger partial charge in [-0.05, 0) is 43.6 Å². The molecule has 5 heteroatoms. The van der Waals surface area contributed by atoms with E-state index in [2.05, 4.69) is 19.9 Å². The molecule has 0 aliphatic heterocycles. The van der Waals surface area contributed by atoms with Gasteiger partial charge in [0.05, 0.1) is 10.6 Å². The van der Waals surface area contributed by atoms with Crippen molar-refractivity contribution in [2.45, 2.75) is 53.9 Å². The molecule has 3 atom stereocenters. The fourth-order valence-electron chi connectivity index (χ4n) is 3.83. The molecule has 1 aliphatic carbocycles. The van der Waals surface area contributed by atoms with Crippen molar-refractivity contribution in [3.05, 3.63) is 45.5 Å². The first-order chi connectivity index (χ1) is 13.0. The summed E-state index contributed by atoms with van der Waals surface area (Å²) in [4.78, 5) is 23.4. The summed E-state index contributed by atoms with van der Waals surface area (Å²) in [6, 6.07) is 0. The van der Waals surface area contributed by atoms with Crippen LogP contribution in [0.4, 0.5) is 0 Å². The number of halogens is 1. The second kappa shape index (κ2) is 8.52. The second-order valence-corrected chi connectivity index (χ2v) is 8.50. The molecule has 0 heterocycles. The molecular weight excluding hydrogens is 376 g/mol. The summed E-state index contributed by atoms with van der Waals surface area (Å²) in [5.41, 5.74) is 1.41. The number of ketones is 1. The van der Waals surface area contributed by atoms with Crippen molar-refractivity contribution < 1.29 is 19.8 Å². The van der Waals surface area contributed by atoms with E-state index in [9.17, 15) is 19.8 Å². The molecule has 0 unspecified atom stereocenters. The van der Waals surface area contributed by atoms with Crippen molar-refractivity contribution in [3.8, 4) is 11.5 Å². The Bertz CT molecular complexity index is 853. The number of hydrogen-bond donors (Lipinski definition) is 2. The van der Waals surface area contributed by atoms with Gasteiger partial charge in [-0.1, -0.05) is 56.2 Å². The number of carbonyl (C=O) groups is 2. The van der Waals surface area contributed by atoms with Gasteiger partial charge in [0.1, 0.15) is 17.3 Å². The summed E-state index contributed by atoms with van der Waals surface area (Å²) in [5.74, 6) is 0.233. The van der Waals surface area contributed by atoms with E-state index in [1.807, 2.05) is 26.0 Å². The Morgan fingerprint density at radius 2 is 1.93 bits per heavy atom. The van der Waals surface area contributed by atoms with E-state index in [0.717, 1.165) is 12.0 Å². The van der Waals surface area contributed by atoms with Gasteiger partial charge < -0.3 is 10.2 Å². The minimum Gasteiger partial charge on any atom is -0.507 e. The topological polar surface area (TPSA) is 74.6 Å². The lowest BCUT2D eigenvalue weighted by Crippen LogP contribution is -2.40. The van der Waals surface area contributed by atoms with Crippen LogP contribution in [0.25, 0.3) is 0 Å². The van der Waals surface area contributed by atoms with Crippen LogP contribution in [0.15, 0.2) is 23.8 Å². The minimum absolute atomic E-state index is 0.0283. The molecule has 2 N–H and O–H groups in total. The summed E-state index contributed by atoms with van der Waals surface area (Å²) >= 11 is 6.09. The number of benzene rings is 1. The lowest BCUT2D eigenvalue weighted by molar-refractivity contribution is -0.129. The maximum absolute atomic E-state index is 12.2. The molecule has 1 aromatic rings. The Hall–Kier alpha value is -2.07. The highest BCUT2D eigenvalue weighted by Gasteiger charge is 2.41. The van der Waals surface area contributed by atoms with Crippen LogP contribution < -0.4 is 0 Å². The number of hydrogen-bond acceptors (Lipinski definition) is 4. The summed E-state index contributed by atoms with van der Waals surface area (Å²) in [6.45, 7) is 9.79. The Labute approximate surface area is 171 Å². The quantitative estimate of drug-likeness (QED) is 0.497. The summed E-state index contributed by atoms with van der Waals surface area (Å²) in [5, 5.41) is 20.7. The fraction of sp³-hybridized carbons (Fsp3) is 0.478. The molecule has 0 aromatic heterocycles. The number of aldehydes is 1. The van der Waals surface area contributed by atoms with Crippen LogP contribution in [-0.4, -0.2) is 22.3 Å². The van der Waals surface area contributed by atoms with Crippen molar-refractivity contribution in [1.82, 2.24) is 0 Å². The van der Waals surface area contributed by atoms with Crippen LogP contribution in [0.3, 0.4) is 0 Å².